The van der Waals surface area contributed by atoms with Crippen molar-refractivity contribution in [3.63, 3.8) is 0 Å². The summed E-state index contributed by atoms with van der Waals surface area (Å²) in [5.74, 6) is -0.0651. The van der Waals surface area contributed by atoms with Crippen LogP contribution in [0.25, 0.3) is 0 Å². The van der Waals surface area contributed by atoms with E-state index in [2.05, 4.69) is 31.5 Å². The monoisotopic (exact) mass is 417 g/mol. The SMILES string of the molecule is Cc1cc(NC(C)C(=O)Nc2ccc(N3CCOCC3)cc2)ccc1Br. The van der Waals surface area contributed by atoms with Gasteiger partial charge in [-0.2, -0.15) is 0 Å². The summed E-state index contributed by atoms with van der Waals surface area (Å²) < 4.78 is 6.43. The lowest BCUT2D eigenvalue weighted by molar-refractivity contribution is -0.116. The van der Waals surface area contributed by atoms with Crippen LogP contribution in [0.1, 0.15) is 12.5 Å². The summed E-state index contributed by atoms with van der Waals surface area (Å²) in [6.07, 6.45) is 0. The van der Waals surface area contributed by atoms with Crippen molar-refractivity contribution >= 4 is 38.9 Å². The lowest BCUT2D eigenvalue weighted by Crippen LogP contribution is -2.36. The fourth-order valence-corrected chi connectivity index (χ4v) is 3.12. The molecule has 1 amide bonds. The second-order valence-corrected chi connectivity index (χ2v) is 7.32. The van der Waals surface area contributed by atoms with Crippen molar-refractivity contribution in [2.45, 2.75) is 19.9 Å². The van der Waals surface area contributed by atoms with Gasteiger partial charge in [0, 0.05) is 34.6 Å². The molecule has 6 heteroatoms. The highest BCUT2D eigenvalue weighted by Crippen LogP contribution is 2.21. The lowest BCUT2D eigenvalue weighted by atomic mass is 10.2. The van der Waals surface area contributed by atoms with Crippen molar-refractivity contribution in [2.75, 3.05) is 41.8 Å². The number of benzene rings is 2. The minimum Gasteiger partial charge on any atom is -0.378 e. The molecule has 0 saturated carbocycles. The van der Waals surface area contributed by atoms with E-state index in [0.717, 1.165) is 53.4 Å². The molecule has 0 spiro atoms. The Kier molecular flexibility index (Phi) is 6.16. The number of nitrogens with zero attached hydrogens (tertiary/aromatic N) is 1. The fraction of sp³-hybridized carbons (Fsp3) is 0.350. The lowest BCUT2D eigenvalue weighted by Gasteiger charge is -2.29. The number of hydrogen-bond donors (Lipinski definition) is 2. The summed E-state index contributed by atoms with van der Waals surface area (Å²) in [7, 11) is 0. The molecular weight excluding hydrogens is 394 g/mol. The molecule has 1 aliphatic heterocycles. The maximum Gasteiger partial charge on any atom is 0.246 e. The van der Waals surface area contributed by atoms with Crippen molar-refractivity contribution in [3.8, 4) is 0 Å². The highest BCUT2D eigenvalue weighted by Gasteiger charge is 2.14. The van der Waals surface area contributed by atoms with E-state index in [1.807, 2.05) is 56.3 Å². The molecule has 1 unspecified atom stereocenters. The van der Waals surface area contributed by atoms with Gasteiger partial charge < -0.3 is 20.3 Å². The van der Waals surface area contributed by atoms with Crippen LogP contribution < -0.4 is 15.5 Å². The van der Waals surface area contributed by atoms with Gasteiger partial charge in [0.05, 0.1) is 13.2 Å². The van der Waals surface area contributed by atoms with Crippen molar-refractivity contribution in [2.24, 2.45) is 0 Å². The fourth-order valence-electron chi connectivity index (χ4n) is 2.88. The average molecular weight is 418 g/mol. The van der Waals surface area contributed by atoms with Crippen LogP contribution in [-0.2, 0) is 9.53 Å². The zero-order valence-electron chi connectivity index (χ0n) is 15.1. The van der Waals surface area contributed by atoms with Gasteiger partial charge in [-0.15, -0.1) is 0 Å². The van der Waals surface area contributed by atoms with Crippen LogP contribution >= 0.6 is 15.9 Å². The molecule has 26 heavy (non-hydrogen) atoms. The van der Waals surface area contributed by atoms with E-state index < -0.39 is 0 Å². The number of rotatable bonds is 5. The molecule has 1 heterocycles. The molecule has 0 aliphatic carbocycles. The van der Waals surface area contributed by atoms with E-state index in [1.165, 1.54) is 0 Å². The summed E-state index contributed by atoms with van der Waals surface area (Å²) in [5, 5.41) is 6.20. The van der Waals surface area contributed by atoms with Gasteiger partial charge in [0.2, 0.25) is 5.91 Å². The van der Waals surface area contributed by atoms with Gasteiger partial charge in [-0.1, -0.05) is 15.9 Å². The molecule has 0 aromatic heterocycles. The topological polar surface area (TPSA) is 53.6 Å². The number of aryl methyl sites for hydroxylation is 1. The molecule has 2 N–H and O–H groups in total. The Labute approximate surface area is 162 Å². The van der Waals surface area contributed by atoms with Gasteiger partial charge >= 0.3 is 0 Å². The van der Waals surface area contributed by atoms with Gasteiger partial charge in [0.25, 0.3) is 0 Å². The van der Waals surface area contributed by atoms with E-state index in [4.69, 9.17) is 4.74 Å². The van der Waals surface area contributed by atoms with Crippen LogP contribution in [0.3, 0.4) is 0 Å². The number of hydrogen-bond acceptors (Lipinski definition) is 4. The molecule has 5 nitrogen and oxygen atoms in total. The third kappa shape index (κ3) is 4.77. The minimum atomic E-state index is -0.338. The van der Waals surface area contributed by atoms with Crippen molar-refractivity contribution in [3.05, 3.63) is 52.5 Å². The highest BCUT2D eigenvalue weighted by molar-refractivity contribution is 9.10. The van der Waals surface area contributed by atoms with Crippen molar-refractivity contribution in [1.29, 1.82) is 0 Å². The predicted molar refractivity (Wildman–Crippen MR) is 110 cm³/mol. The smallest absolute Gasteiger partial charge is 0.246 e. The zero-order chi connectivity index (χ0) is 18.5. The molecule has 3 rings (SSSR count). The summed E-state index contributed by atoms with van der Waals surface area (Å²) >= 11 is 3.49. The second kappa shape index (κ2) is 8.56. The molecule has 2 aromatic rings. The second-order valence-electron chi connectivity index (χ2n) is 6.47. The Morgan fingerprint density at radius 1 is 1.12 bits per heavy atom. The Morgan fingerprint density at radius 3 is 2.42 bits per heavy atom. The van der Waals surface area contributed by atoms with Crippen LogP contribution in [0.15, 0.2) is 46.9 Å². The normalized spacial score (nSPS) is 15.4. The maximum absolute atomic E-state index is 12.4. The van der Waals surface area contributed by atoms with Gasteiger partial charge in [-0.25, -0.2) is 0 Å². The average Bonchev–Trinajstić information content (AvgIpc) is 2.66. The Bertz CT molecular complexity index is 758. The summed E-state index contributed by atoms with van der Waals surface area (Å²) in [6, 6.07) is 13.6. The number of ether oxygens (including phenoxy) is 1. The van der Waals surface area contributed by atoms with Crippen LogP contribution in [0, 0.1) is 6.92 Å². The molecule has 1 saturated heterocycles. The molecule has 0 radical (unpaired) electrons. The molecule has 1 aliphatic rings. The Morgan fingerprint density at radius 2 is 1.77 bits per heavy atom. The zero-order valence-corrected chi connectivity index (χ0v) is 16.7. The number of morpholine rings is 1. The standard InChI is InChI=1S/C20H24BrN3O2/c1-14-13-17(5-8-19(14)21)22-15(2)20(25)23-16-3-6-18(7-4-16)24-9-11-26-12-10-24/h3-8,13,15,22H,9-12H2,1-2H3,(H,23,25). The quantitative estimate of drug-likeness (QED) is 0.770. The van der Waals surface area contributed by atoms with Crippen LogP contribution in [-0.4, -0.2) is 38.3 Å². The molecule has 138 valence electrons. The minimum absolute atomic E-state index is 0.0651. The third-order valence-electron chi connectivity index (χ3n) is 4.45. The van der Waals surface area contributed by atoms with Crippen molar-refractivity contribution < 1.29 is 9.53 Å². The van der Waals surface area contributed by atoms with Gasteiger partial charge in [0.1, 0.15) is 6.04 Å². The number of halogens is 1. The first-order chi connectivity index (χ1) is 12.5. The number of nitrogens with one attached hydrogen (secondary N) is 2. The largest absolute Gasteiger partial charge is 0.378 e. The van der Waals surface area contributed by atoms with E-state index in [1.54, 1.807) is 0 Å². The molecule has 1 fully saturated rings. The first-order valence-corrected chi connectivity index (χ1v) is 9.58. The first-order valence-electron chi connectivity index (χ1n) is 8.79. The molecule has 1 atom stereocenters. The molecule has 2 aromatic carbocycles. The van der Waals surface area contributed by atoms with Gasteiger partial charge in [0.15, 0.2) is 0 Å². The molecule has 0 bridgehead atoms. The van der Waals surface area contributed by atoms with Gasteiger partial charge in [-0.05, 0) is 61.9 Å². The summed E-state index contributed by atoms with van der Waals surface area (Å²) in [6.45, 7) is 7.21. The molecular formula is C20H24BrN3O2. The van der Waals surface area contributed by atoms with E-state index in [9.17, 15) is 4.79 Å². The van der Waals surface area contributed by atoms with E-state index in [-0.39, 0.29) is 11.9 Å². The van der Waals surface area contributed by atoms with Crippen LogP contribution in [0.4, 0.5) is 17.1 Å². The summed E-state index contributed by atoms with van der Waals surface area (Å²) in [5.41, 5.74) is 4.01. The Balaban J connectivity index is 1.57. The van der Waals surface area contributed by atoms with E-state index in [0.29, 0.717) is 0 Å². The predicted octanol–water partition coefficient (Wildman–Crippen LogP) is 4.03. The van der Waals surface area contributed by atoms with Crippen LogP contribution in [0.5, 0.6) is 0 Å². The third-order valence-corrected chi connectivity index (χ3v) is 5.34. The number of anilines is 3. The highest BCUT2D eigenvalue weighted by atomic mass is 79.9. The van der Waals surface area contributed by atoms with E-state index >= 15 is 0 Å². The number of carbonyl (C=O) groups is 1. The first kappa shape index (κ1) is 18.7. The Hall–Kier alpha value is -2.05. The number of amides is 1. The van der Waals surface area contributed by atoms with Crippen molar-refractivity contribution in [1.82, 2.24) is 0 Å². The van der Waals surface area contributed by atoms with Crippen LogP contribution in [0.2, 0.25) is 0 Å². The maximum atomic E-state index is 12.4. The number of carbonyl (C=O) groups excluding carboxylic acids is 1. The van der Waals surface area contributed by atoms with Gasteiger partial charge in [-0.3, -0.25) is 4.79 Å². The summed E-state index contributed by atoms with van der Waals surface area (Å²) in [4.78, 5) is 14.7.